The number of hydrogen-bond donors (Lipinski definition) is 0. The van der Waals surface area contributed by atoms with Crippen molar-refractivity contribution in [1.29, 1.82) is 0 Å². The summed E-state index contributed by atoms with van der Waals surface area (Å²) < 4.78 is 11.7. The Labute approximate surface area is 130 Å². The molecule has 0 saturated heterocycles. The van der Waals surface area contributed by atoms with E-state index < -0.39 is 0 Å². The van der Waals surface area contributed by atoms with Gasteiger partial charge in [-0.2, -0.15) is 0 Å². The maximum atomic E-state index is 5.91. The molecule has 0 bridgehead atoms. The maximum absolute atomic E-state index is 5.91. The Hall–Kier alpha value is -2.55. The first-order chi connectivity index (χ1) is 10.6. The molecule has 0 saturated carbocycles. The summed E-state index contributed by atoms with van der Waals surface area (Å²) in [5, 5.41) is 0. The fraction of sp³-hybridized carbons (Fsp3) is 0.211. The van der Waals surface area contributed by atoms with E-state index in [1.165, 1.54) is 5.56 Å². The Morgan fingerprint density at radius 3 is 2.55 bits per heavy atom. The van der Waals surface area contributed by atoms with E-state index in [4.69, 9.17) is 9.15 Å². The average Bonchev–Trinajstić information content (AvgIpc) is 2.90. The van der Waals surface area contributed by atoms with Crippen LogP contribution in [0.3, 0.4) is 0 Å². The van der Waals surface area contributed by atoms with Gasteiger partial charge in [-0.15, -0.1) is 0 Å². The second-order valence-corrected chi connectivity index (χ2v) is 5.45. The number of benzene rings is 2. The number of ether oxygens (including phenoxy) is 1. The van der Waals surface area contributed by atoms with E-state index in [0.717, 1.165) is 28.3 Å². The van der Waals surface area contributed by atoms with Gasteiger partial charge < -0.3 is 9.15 Å². The zero-order valence-electron chi connectivity index (χ0n) is 13.1. The SMILES string of the molecule is Cc1ccc(C)c(OCc2nc(-c3ccccc3)oc2C)c1. The highest BCUT2D eigenvalue weighted by atomic mass is 16.5. The highest BCUT2D eigenvalue weighted by Crippen LogP contribution is 2.24. The number of rotatable bonds is 4. The minimum atomic E-state index is 0.409. The molecule has 3 aromatic rings. The largest absolute Gasteiger partial charge is 0.487 e. The van der Waals surface area contributed by atoms with Gasteiger partial charge in [-0.05, 0) is 50.1 Å². The normalized spacial score (nSPS) is 10.7. The molecule has 0 N–H and O–H groups in total. The second-order valence-electron chi connectivity index (χ2n) is 5.45. The van der Waals surface area contributed by atoms with Crippen molar-refractivity contribution in [3.63, 3.8) is 0 Å². The minimum Gasteiger partial charge on any atom is -0.487 e. The van der Waals surface area contributed by atoms with Gasteiger partial charge in [0.2, 0.25) is 5.89 Å². The first kappa shape index (κ1) is 14.4. The van der Waals surface area contributed by atoms with Crippen LogP contribution >= 0.6 is 0 Å². The van der Waals surface area contributed by atoms with E-state index in [0.29, 0.717) is 12.5 Å². The molecule has 22 heavy (non-hydrogen) atoms. The summed E-state index contributed by atoms with van der Waals surface area (Å²) in [5.74, 6) is 2.32. The molecule has 0 spiro atoms. The van der Waals surface area contributed by atoms with Crippen LogP contribution in [-0.4, -0.2) is 4.98 Å². The number of hydrogen-bond acceptors (Lipinski definition) is 3. The second kappa shape index (κ2) is 6.06. The van der Waals surface area contributed by atoms with Crippen LogP contribution in [0.4, 0.5) is 0 Å². The molecule has 0 amide bonds. The lowest BCUT2D eigenvalue weighted by molar-refractivity contribution is 0.297. The summed E-state index contributed by atoms with van der Waals surface area (Å²) in [5.41, 5.74) is 4.11. The summed E-state index contributed by atoms with van der Waals surface area (Å²) in [6.45, 7) is 6.43. The van der Waals surface area contributed by atoms with Crippen LogP contribution in [0, 0.1) is 20.8 Å². The fourth-order valence-corrected chi connectivity index (χ4v) is 2.28. The van der Waals surface area contributed by atoms with E-state index in [-0.39, 0.29) is 0 Å². The van der Waals surface area contributed by atoms with Gasteiger partial charge in [0.25, 0.3) is 0 Å². The number of aromatic nitrogens is 1. The van der Waals surface area contributed by atoms with Gasteiger partial charge in [0, 0.05) is 5.56 Å². The van der Waals surface area contributed by atoms with Crippen molar-refractivity contribution in [1.82, 2.24) is 4.98 Å². The Bertz CT molecular complexity index is 775. The topological polar surface area (TPSA) is 35.3 Å². The standard InChI is InChI=1S/C19H19NO2/c1-13-9-10-14(2)18(11-13)21-12-17-15(3)22-19(20-17)16-7-5-4-6-8-16/h4-11H,12H2,1-3H3. The van der Waals surface area contributed by atoms with Crippen molar-refractivity contribution in [2.45, 2.75) is 27.4 Å². The number of oxazole rings is 1. The summed E-state index contributed by atoms with van der Waals surface area (Å²) in [6, 6.07) is 16.1. The molecule has 1 aromatic heterocycles. The smallest absolute Gasteiger partial charge is 0.226 e. The summed E-state index contributed by atoms with van der Waals surface area (Å²) in [7, 11) is 0. The van der Waals surface area contributed by atoms with Crippen molar-refractivity contribution in [3.8, 4) is 17.2 Å². The predicted molar refractivity (Wildman–Crippen MR) is 86.9 cm³/mol. The van der Waals surface area contributed by atoms with Gasteiger partial charge in [-0.25, -0.2) is 4.98 Å². The Morgan fingerprint density at radius 2 is 1.77 bits per heavy atom. The zero-order chi connectivity index (χ0) is 15.5. The van der Waals surface area contributed by atoms with Crippen molar-refractivity contribution < 1.29 is 9.15 Å². The van der Waals surface area contributed by atoms with Gasteiger partial charge in [0.1, 0.15) is 23.8 Å². The van der Waals surface area contributed by atoms with E-state index in [1.54, 1.807) is 0 Å². The number of aryl methyl sites for hydroxylation is 3. The Balaban J connectivity index is 1.79. The maximum Gasteiger partial charge on any atom is 0.226 e. The molecule has 2 aromatic carbocycles. The molecule has 0 atom stereocenters. The van der Waals surface area contributed by atoms with Gasteiger partial charge in [0.05, 0.1) is 0 Å². The quantitative estimate of drug-likeness (QED) is 0.690. The summed E-state index contributed by atoms with van der Waals surface area (Å²) >= 11 is 0. The van der Waals surface area contributed by atoms with Crippen LogP contribution in [0.2, 0.25) is 0 Å². The lowest BCUT2D eigenvalue weighted by Crippen LogP contribution is -1.99. The molecule has 0 aliphatic heterocycles. The lowest BCUT2D eigenvalue weighted by atomic mass is 10.1. The van der Waals surface area contributed by atoms with Crippen LogP contribution in [-0.2, 0) is 6.61 Å². The summed E-state index contributed by atoms with van der Waals surface area (Å²) in [4.78, 5) is 4.56. The molecule has 0 fully saturated rings. The molecule has 0 radical (unpaired) electrons. The van der Waals surface area contributed by atoms with Gasteiger partial charge >= 0.3 is 0 Å². The third-order valence-corrected chi connectivity index (χ3v) is 3.62. The third kappa shape index (κ3) is 3.03. The summed E-state index contributed by atoms with van der Waals surface area (Å²) in [6.07, 6.45) is 0. The van der Waals surface area contributed by atoms with Gasteiger partial charge in [-0.1, -0.05) is 30.3 Å². The van der Waals surface area contributed by atoms with Crippen molar-refractivity contribution in [3.05, 3.63) is 71.1 Å². The van der Waals surface area contributed by atoms with Crippen molar-refractivity contribution in [2.24, 2.45) is 0 Å². The molecular formula is C19H19NO2. The van der Waals surface area contributed by atoms with E-state index in [1.807, 2.05) is 50.2 Å². The Kier molecular flexibility index (Phi) is 3.96. The average molecular weight is 293 g/mol. The monoisotopic (exact) mass is 293 g/mol. The minimum absolute atomic E-state index is 0.409. The van der Waals surface area contributed by atoms with Crippen LogP contribution in [0.25, 0.3) is 11.5 Å². The van der Waals surface area contributed by atoms with Crippen molar-refractivity contribution >= 4 is 0 Å². The highest BCUT2D eigenvalue weighted by molar-refractivity contribution is 5.53. The van der Waals surface area contributed by atoms with Gasteiger partial charge in [-0.3, -0.25) is 0 Å². The van der Waals surface area contributed by atoms with Gasteiger partial charge in [0.15, 0.2) is 0 Å². The molecule has 0 aliphatic rings. The molecule has 0 unspecified atom stereocenters. The third-order valence-electron chi connectivity index (χ3n) is 3.62. The fourth-order valence-electron chi connectivity index (χ4n) is 2.28. The molecular weight excluding hydrogens is 274 g/mol. The van der Waals surface area contributed by atoms with Crippen LogP contribution in [0.15, 0.2) is 52.9 Å². The molecule has 112 valence electrons. The first-order valence-electron chi connectivity index (χ1n) is 7.35. The predicted octanol–water partition coefficient (Wildman–Crippen LogP) is 4.85. The van der Waals surface area contributed by atoms with Crippen LogP contribution in [0.5, 0.6) is 5.75 Å². The molecule has 3 heteroatoms. The van der Waals surface area contributed by atoms with E-state index in [2.05, 4.69) is 24.0 Å². The van der Waals surface area contributed by atoms with Crippen LogP contribution in [0.1, 0.15) is 22.6 Å². The van der Waals surface area contributed by atoms with Crippen LogP contribution < -0.4 is 4.74 Å². The lowest BCUT2D eigenvalue weighted by Gasteiger charge is -2.08. The van der Waals surface area contributed by atoms with E-state index in [9.17, 15) is 0 Å². The Morgan fingerprint density at radius 1 is 1.00 bits per heavy atom. The molecule has 3 rings (SSSR count). The molecule has 0 aliphatic carbocycles. The van der Waals surface area contributed by atoms with E-state index >= 15 is 0 Å². The zero-order valence-corrected chi connectivity index (χ0v) is 13.1. The first-order valence-corrected chi connectivity index (χ1v) is 7.35. The molecule has 1 heterocycles. The number of nitrogens with zero attached hydrogens (tertiary/aromatic N) is 1. The highest BCUT2D eigenvalue weighted by Gasteiger charge is 2.12. The van der Waals surface area contributed by atoms with Crippen molar-refractivity contribution in [2.75, 3.05) is 0 Å². The molecule has 3 nitrogen and oxygen atoms in total.